The van der Waals surface area contributed by atoms with E-state index in [4.69, 9.17) is 0 Å². The highest BCUT2D eigenvalue weighted by Gasteiger charge is 2.07. The lowest BCUT2D eigenvalue weighted by atomic mass is 10.1. The molecule has 0 aliphatic carbocycles. The van der Waals surface area contributed by atoms with Gasteiger partial charge in [-0.15, -0.1) is 0 Å². The van der Waals surface area contributed by atoms with Gasteiger partial charge in [-0.25, -0.2) is 0 Å². The summed E-state index contributed by atoms with van der Waals surface area (Å²) in [7, 11) is 0. The molecule has 0 aliphatic heterocycles. The fourth-order valence-electron chi connectivity index (χ4n) is 2.31. The van der Waals surface area contributed by atoms with Gasteiger partial charge in [0.1, 0.15) is 0 Å². The second-order valence-corrected chi connectivity index (χ2v) is 5.36. The first kappa shape index (κ1) is 15.3. The highest BCUT2D eigenvalue weighted by atomic mass is 16.1. The summed E-state index contributed by atoms with van der Waals surface area (Å²) in [6.45, 7) is 6.49. The monoisotopic (exact) mass is 282 g/mol. The summed E-state index contributed by atoms with van der Waals surface area (Å²) < 4.78 is 0. The molecule has 2 aromatic rings. The van der Waals surface area contributed by atoms with Crippen molar-refractivity contribution in [1.82, 2.24) is 5.32 Å². The molecular weight excluding hydrogens is 260 g/mol. The van der Waals surface area contributed by atoms with E-state index < -0.39 is 0 Å². The molecule has 0 aliphatic rings. The number of benzene rings is 2. The minimum absolute atomic E-state index is 0.0471. The molecule has 21 heavy (non-hydrogen) atoms. The summed E-state index contributed by atoms with van der Waals surface area (Å²) in [5.74, 6) is -0.0471. The third kappa shape index (κ3) is 4.43. The number of amides is 1. The van der Waals surface area contributed by atoms with Crippen LogP contribution in [0.2, 0.25) is 0 Å². The van der Waals surface area contributed by atoms with Crippen LogP contribution in [0.1, 0.15) is 36.6 Å². The van der Waals surface area contributed by atoms with Crippen molar-refractivity contribution in [2.75, 3.05) is 5.32 Å². The van der Waals surface area contributed by atoms with Crippen LogP contribution in [0.4, 0.5) is 5.69 Å². The molecule has 0 fully saturated rings. The van der Waals surface area contributed by atoms with Crippen molar-refractivity contribution in [1.29, 1.82) is 0 Å². The van der Waals surface area contributed by atoms with Gasteiger partial charge in [0, 0.05) is 25.2 Å². The fraction of sp³-hybridized carbons (Fsp3) is 0.278. The lowest BCUT2D eigenvalue weighted by molar-refractivity contribution is -0.114. The molecule has 2 N–H and O–H groups in total. The molecule has 2 aromatic carbocycles. The van der Waals surface area contributed by atoms with Crippen LogP contribution in [0.15, 0.2) is 48.5 Å². The zero-order valence-corrected chi connectivity index (χ0v) is 12.8. The number of anilines is 1. The highest BCUT2D eigenvalue weighted by molar-refractivity contribution is 5.89. The molecule has 3 nitrogen and oxygen atoms in total. The number of hydrogen-bond donors (Lipinski definition) is 2. The molecule has 3 heteroatoms. The Morgan fingerprint density at radius 3 is 2.62 bits per heavy atom. The van der Waals surface area contributed by atoms with E-state index in [0.29, 0.717) is 6.54 Å². The Morgan fingerprint density at radius 2 is 1.90 bits per heavy atom. The quantitative estimate of drug-likeness (QED) is 0.875. The van der Waals surface area contributed by atoms with E-state index in [0.717, 1.165) is 11.3 Å². The minimum Gasteiger partial charge on any atom is -0.326 e. The van der Waals surface area contributed by atoms with Crippen LogP contribution in [0.3, 0.4) is 0 Å². The molecule has 1 atom stereocenters. The average Bonchev–Trinajstić information content (AvgIpc) is 2.45. The number of rotatable bonds is 5. The fourth-order valence-corrected chi connectivity index (χ4v) is 2.31. The van der Waals surface area contributed by atoms with E-state index in [-0.39, 0.29) is 11.9 Å². The van der Waals surface area contributed by atoms with Gasteiger partial charge in [-0.05, 0) is 31.0 Å². The SMILES string of the molecule is CC(=O)Nc1ccccc1CN[C@H](C)c1cccc(C)c1. The zero-order chi connectivity index (χ0) is 15.2. The highest BCUT2D eigenvalue weighted by Crippen LogP contribution is 2.18. The van der Waals surface area contributed by atoms with Crippen molar-refractivity contribution in [2.24, 2.45) is 0 Å². The van der Waals surface area contributed by atoms with Crippen LogP contribution >= 0.6 is 0 Å². The Morgan fingerprint density at radius 1 is 1.14 bits per heavy atom. The molecule has 0 radical (unpaired) electrons. The van der Waals surface area contributed by atoms with Gasteiger partial charge in [0.05, 0.1) is 0 Å². The van der Waals surface area contributed by atoms with Gasteiger partial charge in [-0.2, -0.15) is 0 Å². The van der Waals surface area contributed by atoms with Crippen molar-refractivity contribution in [3.8, 4) is 0 Å². The van der Waals surface area contributed by atoms with E-state index in [1.807, 2.05) is 24.3 Å². The second kappa shape index (κ2) is 7.04. The van der Waals surface area contributed by atoms with Crippen LogP contribution in [0.5, 0.6) is 0 Å². The summed E-state index contributed by atoms with van der Waals surface area (Å²) >= 11 is 0. The number of carbonyl (C=O) groups is 1. The Bertz CT molecular complexity index is 622. The predicted molar refractivity (Wildman–Crippen MR) is 87.2 cm³/mol. The Labute approximate surface area is 126 Å². The predicted octanol–water partition coefficient (Wildman–Crippen LogP) is 3.80. The van der Waals surface area contributed by atoms with Gasteiger partial charge in [0.2, 0.25) is 5.91 Å². The second-order valence-electron chi connectivity index (χ2n) is 5.36. The van der Waals surface area contributed by atoms with Crippen LogP contribution in [-0.4, -0.2) is 5.91 Å². The molecule has 0 spiro atoms. The minimum atomic E-state index is -0.0471. The van der Waals surface area contributed by atoms with Crippen LogP contribution in [0.25, 0.3) is 0 Å². The number of para-hydroxylation sites is 1. The lowest BCUT2D eigenvalue weighted by Gasteiger charge is -2.16. The van der Waals surface area contributed by atoms with Gasteiger partial charge in [0.15, 0.2) is 0 Å². The van der Waals surface area contributed by atoms with Crippen molar-refractivity contribution in [3.05, 3.63) is 65.2 Å². The summed E-state index contributed by atoms with van der Waals surface area (Å²) in [6.07, 6.45) is 0. The zero-order valence-electron chi connectivity index (χ0n) is 12.8. The van der Waals surface area contributed by atoms with Gasteiger partial charge in [0.25, 0.3) is 0 Å². The molecule has 0 saturated heterocycles. The molecule has 0 heterocycles. The van der Waals surface area contributed by atoms with E-state index in [1.165, 1.54) is 18.1 Å². The van der Waals surface area contributed by atoms with E-state index >= 15 is 0 Å². The summed E-state index contributed by atoms with van der Waals surface area (Å²) in [4.78, 5) is 11.2. The summed E-state index contributed by atoms with van der Waals surface area (Å²) in [5, 5.41) is 6.37. The molecule has 0 bridgehead atoms. The van der Waals surface area contributed by atoms with Gasteiger partial charge < -0.3 is 10.6 Å². The molecule has 2 rings (SSSR count). The first-order valence-corrected chi connectivity index (χ1v) is 7.21. The van der Waals surface area contributed by atoms with E-state index in [1.54, 1.807) is 0 Å². The lowest BCUT2D eigenvalue weighted by Crippen LogP contribution is -2.19. The third-order valence-corrected chi connectivity index (χ3v) is 3.47. The Balaban J connectivity index is 2.04. The number of carbonyl (C=O) groups excluding carboxylic acids is 1. The van der Waals surface area contributed by atoms with Crippen molar-refractivity contribution in [3.63, 3.8) is 0 Å². The number of nitrogens with one attached hydrogen (secondary N) is 2. The van der Waals surface area contributed by atoms with Gasteiger partial charge in [-0.1, -0.05) is 48.0 Å². The topological polar surface area (TPSA) is 41.1 Å². The van der Waals surface area contributed by atoms with Crippen LogP contribution in [-0.2, 0) is 11.3 Å². The van der Waals surface area contributed by atoms with Crippen LogP contribution < -0.4 is 10.6 Å². The Kier molecular flexibility index (Phi) is 5.12. The van der Waals surface area contributed by atoms with Crippen molar-refractivity contribution < 1.29 is 4.79 Å². The molecule has 1 amide bonds. The summed E-state index contributed by atoms with van der Waals surface area (Å²) in [5.41, 5.74) is 4.49. The average molecular weight is 282 g/mol. The maximum absolute atomic E-state index is 11.2. The van der Waals surface area contributed by atoms with Crippen molar-refractivity contribution >= 4 is 11.6 Å². The van der Waals surface area contributed by atoms with Crippen molar-refractivity contribution in [2.45, 2.75) is 33.4 Å². The molecule has 110 valence electrons. The van der Waals surface area contributed by atoms with E-state index in [2.05, 4.69) is 48.7 Å². The smallest absolute Gasteiger partial charge is 0.221 e. The molecular formula is C18H22N2O. The maximum atomic E-state index is 11.2. The standard InChI is InChI=1S/C18H22N2O/c1-13-7-6-9-16(11-13)14(2)19-12-17-8-4-5-10-18(17)20-15(3)21/h4-11,14,19H,12H2,1-3H3,(H,20,21)/t14-/m1/s1. The first-order chi connectivity index (χ1) is 10.1. The normalized spacial score (nSPS) is 12.0. The summed E-state index contributed by atoms with van der Waals surface area (Å²) in [6, 6.07) is 16.6. The third-order valence-electron chi connectivity index (χ3n) is 3.47. The van der Waals surface area contributed by atoms with E-state index in [9.17, 15) is 4.79 Å². The molecule has 0 saturated carbocycles. The number of hydrogen-bond acceptors (Lipinski definition) is 2. The maximum Gasteiger partial charge on any atom is 0.221 e. The molecule has 0 unspecified atom stereocenters. The van der Waals surface area contributed by atoms with Gasteiger partial charge >= 0.3 is 0 Å². The largest absolute Gasteiger partial charge is 0.326 e. The molecule has 0 aromatic heterocycles. The Hall–Kier alpha value is -2.13. The first-order valence-electron chi connectivity index (χ1n) is 7.21. The number of aryl methyl sites for hydroxylation is 1. The van der Waals surface area contributed by atoms with Crippen LogP contribution in [0, 0.1) is 6.92 Å². The van der Waals surface area contributed by atoms with Gasteiger partial charge in [-0.3, -0.25) is 4.79 Å².